The lowest BCUT2D eigenvalue weighted by Crippen LogP contribution is -2.43. The highest BCUT2D eigenvalue weighted by molar-refractivity contribution is 5.99. The monoisotopic (exact) mass is 289 g/mol. The van der Waals surface area contributed by atoms with Crippen LogP contribution in [-0.2, 0) is 4.79 Å². The molecule has 4 N–H and O–H groups in total. The van der Waals surface area contributed by atoms with E-state index in [0.29, 0.717) is 17.2 Å². The molecule has 0 bridgehead atoms. The summed E-state index contributed by atoms with van der Waals surface area (Å²) in [5, 5.41) is 6.06. The van der Waals surface area contributed by atoms with Gasteiger partial charge in [-0.25, -0.2) is 0 Å². The summed E-state index contributed by atoms with van der Waals surface area (Å²) >= 11 is 0. The van der Waals surface area contributed by atoms with E-state index in [1.54, 1.807) is 24.3 Å². The van der Waals surface area contributed by atoms with Crippen LogP contribution in [0.3, 0.4) is 0 Å². The molecule has 5 nitrogen and oxygen atoms in total. The van der Waals surface area contributed by atoms with E-state index in [1.165, 1.54) is 19.3 Å². The third kappa shape index (κ3) is 4.21. The molecule has 1 aromatic carbocycles. The maximum absolute atomic E-state index is 12.0. The summed E-state index contributed by atoms with van der Waals surface area (Å²) in [5.41, 5.74) is 6.30. The Morgan fingerprint density at radius 3 is 2.67 bits per heavy atom. The summed E-state index contributed by atoms with van der Waals surface area (Å²) in [4.78, 5) is 23.3. The Labute approximate surface area is 125 Å². The maximum Gasteiger partial charge on any atom is 0.250 e. The SMILES string of the molecule is C[C@H]1CCCC[C@H]1NC(=O)CNc1ccccc1C(N)=O. The van der Waals surface area contributed by atoms with E-state index in [4.69, 9.17) is 5.73 Å². The van der Waals surface area contributed by atoms with E-state index >= 15 is 0 Å². The first-order valence-electron chi connectivity index (χ1n) is 7.50. The van der Waals surface area contributed by atoms with Gasteiger partial charge in [0.1, 0.15) is 0 Å². The van der Waals surface area contributed by atoms with Crippen molar-refractivity contribution in [1.29, 1.82) is 0 Å². The number of primary amides is 1. The lowest BCUT2D eigenvalue weighted by atomic mass is 9.86. The summed E-state index contributed by atoms with van der Waals surface area (Å²) in [6, 6.07) is 7.20. The molecule has 1 saturated carbocycles. The molecular formula is C16H23N3O2. The molecule has 2 rings (SSSR count). The molecule has 1 aliphatic rings. The topological polar surface area (TPSA) is 84.2 Å². The molecule has 5 heteroatoms. The summed E-state index contributed by atoms with van der Waals surface area (Å²) in [6.45, 7) is 2.33. The maximum atomic E-state index is 12.0. The third-order valence-corrected chi connectivity index (χ3v) is 4.09. The third-order valence-electron chi connectivity index (χ3n) is 4.09. The molecule has 0 heterocycles. The highest BCUT2D eigenvalue weighted by Gasteiger charge is 2.22. The van der Waals surface area contributed by atoms with Crippen LogP contribution in [-0.4, -0.2) is 24.4 Å². The number of carbonyl (C=O) groups excluding carboxylic acids is 2. The van der Waals surface area contributed by atoms with Gasteiger partial charge < -0.3 is 16.4 Å². The Morgan fingerprint density at radius 2 is 1.95 bits per heavy atom. The van der Waals surface area contributed by atoms with Gasteiger partial charge >= 0.3 is 0 Å². The van der Waals surface area contributed by atoms with E-state index < -0.39 is 5.91 Å². The molecule has 0 aliphatic heterocycles. The molecular weight excluding hydrogens is 266 g/mol. The molecule has 1 fully saturated rings. The normalized spacial score (nSPS) is 21.6. The summed E-state index contributed by atoms with van der Waals surface area (Å²) < 4.78 is 0. The first-order chi connectivity index (χ1) is 10.1. The van der Waals surface area contributed by atoms with Gasteiger partial charge in [0.15, 0.2) is 0 Å². The average molecular weight is 289 g/mol. The number of nitrogens with two attached hydrogens (primary N) is 1. The summed E-state index contributed by atoms with van der Waals surface area (Å²) in [7, 11) is 0. The Hall–Kier alpha value is -2.04. The molecule has 0 saturated heterocycles. The smallest absolute Gasteiger partial charge is 0.250 e. The standard InChI is InChI=1S/C16H23N3O2/c1-11-6-2-4-8-13(11)19-15(20)10-18-14-9-5-3-7-12(14)16(17)21/h3,5,7,9,11,13,18H,2,4,6,8,10H2,1H3,(H2,17,21)(H,19,20)/t11-,13+/m0/s1. The van der Waals surface area contributed by atoms with Gasteiger partial charge in [-0.1, -0.05) is 31.9 Å². The minimum absolute atomic E-state index is 0.0481. The fourth-order valence-corrected chi connectivity index (χ4v) is 2.82. The van der Waals surface area contributed by atoms with Gasteiger partial charge in [0.2, 0.25) is 5.91 Å². The van der Waals surface area contributed by atoms with Gasteiger partial charge in [0.25, 0.3) is 5.91 Å². The van der Waals surface area contributed by atoms with Gasteiger partial charge in [-0.3, -0.25) is 9.59 Å². The zero-order chi connectivity index (χ0) is 15.2. The van der Waals surface area contributed by atoms with E-state index in [2.05, 4.69) is 17.6 Å². The molecule has 0 radical (unpaired) electrons. The molecule has 1 aromatic rings. The van der Waals surface area contributed by atoms with Crippen molar-refractivity contribution in [2.24, 2.45) is 11.7 Å². The van der Waals surface area contributed by atoms with Crippen LogP contribution in [0.4, 0.5) is 5.69 Å². The van der Waals surface area contributed by atoms with Crippen LogP contribution in [0, 0.1) is 5.92 Å². The zero-order valence-electron chi connectivity index (χ0n) is 12.4. The lowest BCUT2D eigenvalue weighted by Gasteiger charge is -2.29. The van der Waals surface area contributed by atoms with Crippen molar-refractivity contribution in [2.75, 3.05) is 11.9 Å². The number of para-hydroxylation sites is 1. The molecule has 21 heavy (non-hydrogen) atoms. The van der Waals surface area contributed by atoms with Crippen molar-refractivity contribution >= 4 is 17.5 Å². The number of carbonyl (C=O) groups is 2. The first-order valence-corrected chi connectivity index (χ1v) is 7.50. The van der Waals surface area contributed by atoms with Crippen LogP contribution in [0.15, 0.2) is 24.3 Å². The lowest BCUT2D eigenvalue weighted by molar-refractivity contribution is -0.120. The van der Waals surface area contributed by atoms with Crippen LogP contribution in [0.2, 0.25) is 0 Å². The Kier molecular flexibility index (Phi) is 5.20. The molecule has 0 spiro atoms. The van der Waals surface area contributed by atoms with Crippen LogP contribution in [0.25, 0.3) is 0 Å². The zero-order valence-corrected chi connectivity index (χ0v) is 12.4. The van der Waals surface area contributed by atoms with E-state index in [9.17, 15) is 9.59 Å². The highest BCUT2D eigenvalue weighted by Crippen LogP contribution is 2.23. The van der Waals surface area contributed by atoms with E-state index in [0.717, 1.165) is 6.42 Å². The molecule has 2 atom stereocenters. The second kappa shape index (κ2) is 7.11. The second-order valence-electron chi connectivity index (χ2n) is 5.70. The van der Waals surface area contributed by atoms with Crippen molar-refractivity contribution in [3.05, 3.63) is 29.8 Å². The Balaban J connectivity index is 1.88. The Bertz CT molecular complexity index is 516. The van der Waals surface area contributed by atoms with Crippen molar-refractivity contribution in [3.8, 4) is 0 Å². The molecule has 114 valence electrons. The minimum atomic E-state index is -0.501. The number of hydrogen-bond acceptors (Lipinski definition) is 3. The summed E-state index contributed by atoms with van der Waals surface area (Å²) in [6.07, 6.45) is 4.64. The number of amides is 2. The van der Waals surface area contributed by atoms with Crippen molar-refractivity contribution in [2.45, 2.75) is 38.6 Å². The quantitative estimate of drug-likeness (QED) is 0.774. The Morgan fingerprint density at radius 1 is 1.24 bits per heavy atom. The van der Waals surface area contributed by atoms with Gasteiger partial charge in [-0.2, -0.15) is 0 Å². The minimum Gasteiger partial charge on any atom is -0.376 e. The fraction of sp³-hybridized carbons (Fsp3) is 0.500. The largest absolute Gasteiger partial charge is 0.376 e. The molecule has 2 amide bonds. The van der Waals surface area contributed by atoms with Crippen LogP contribution >= 0.6 is 0 Å². The number of benzene rings is 1. The summed E-state index contributed by atoms with van der Waals surface area (Å²) in [5.74, 6) is -0.0203. The van der Waals surface area contributed by atoms with Gasteiger partial charge in [0.05, 0.1) is 12.1 Å². The predicted molar refractivity (Wildman–Crippen MR) is 83.0 cm³/mol. The van der Waals surface area contributed by atoms with E-state index in [-0.39, 0.29) is 18.5 Å². The van der Waals surface area contributed by atoms with Gasteiger partial charge in [-0.05, 0) is 30.9 Å². The van der Waals surface area contributed by atoms with E-state index in [1.807, 2.05) is 0 Å². The van der Waals surface area contributed by atoms with Crippen LogP contribution < -0.4 is 16.4 Å². The van der Waals surface area contributed by atoms with Crippen LogP contribution in [0.1, 0.15) is 43.0 Å². The number of rotatable bonds is 5. The van der Waals surface area contributed by atoms with Crippen molar-refractivity contribution < 1.29 is 9.59 Å². The number of nitrogens with one attached hydrogen (secondary N) is 2. The fourth-order valence-electron chi connectivity index (χ4n) is 2.82. The number of hydrogen-bond donors (Lipinski definition) is 3. The predicted octanol–water partition coefficient (Wildman–Crippen LogP) is 1.89. The second-order valence-corrected chi connectivity index (χ2v) is 5.70. The van der Waals surface area contributed by atoms with Crippen LogP contribution in [0.5, 0.6) is 0 Å². The number of anilines is 1. The van der Waals surface area contributed by atoms with Gasteiger partial charge in [-0.15, -0.1) is 0 Å². The van der Waals surface area contributed by atoms with Crippen molar-refractivity contribution in [1.82, 2.24) is 5.32 Å². The molecule has 1 aliphatic carbocycles. The molecule has 0 aromatic heterocycles. The van der Waals surface area contributed by atoms with Crippen molar-refractivity contribution in [3.63, 3.8) is 0 Å². The van der Waals surface area contributed by atoms with Gasteiger partial charge in [0, 0.05) is 11.7 Å². The molecule has 0 unspecified atom stereocenters. The highest BCUT2D eigenvalue weighted by atomic mass is 16.2. The average Bonchev–Trinajstić information content (AvgIpc) is 2.48. The first kappa shape index (κ1) is 15.4.